The highest BCUT2D eigenvalue weighted by atomic mass is 15.3. The molecule has 2 aromatic heterocycles. The first-order chi connectivity index (χ1) is 10.2. The Kier molecular flexibility index (Phi) is 3.60. The minimum absolute atomic E-state index is 0.782. The van der Waals surface area contributed by atoms with Gasteiger partial charge in [0, 0.05) is 42.6 Å². The van der Waals surface area contributed by atoms with Crippen LogP contribution in [0.2, 0.25) is 0 Å². The minimum Gasteiger partial charge on any atom is -0.380 e. The molecule has 0 aliphatic heterocycles. The summed E-state index contributed by atoms with van der Waals surface area (Å²) in [5, 5.41) is 9.17. The van der Waals surface area contributed by atoms with Gasteiger partial charge < -0.3 is 5.32 Å². The van der Waals surface area contributed by atoms with E-state index in [-0.39, 0.29) is 0 Å². The van der Waals surface area contributed by atoms with E-state index in [1.54, 1.807) is 0 Å². The molecule has 0 saturated carbocycles. The smallest absolute Gasteiger partial charge is 0.0751 e. The van der Waals surface area contributed by atoms with Crippen molar-refractivity contribution in [2.75, 3.05) is 5.32 Å². The summed E-state index contributed by atoms with van der Waals surface area (Å²) in [6, 6.07) is 8.31. The Balaban J connectivity index is 1.90. The first-order valence-electron chi connectivity index (χ1n) is 7.28. The lowest BCUT2D eigenvalue weighted by Gasteiger charge is -2.10. The average Bonchev–Trinajstić information content (AvgIpc) is 2.86. The maximum Gasteiger partial charge on any atom is 0.0751 e. The maximum absolute atomic E-state index is 4.48. The van der Waals surface area contributed by atoms with Crippen molar-refractivity contribution in [3.05, 3.63) is 53.5 Å². The van der Waals surface area contributed by atoms with Gasteiger partial charge in [0.2, 0.25) is 0 Å². The molecule has 0 unspecified atom stereocenters. The van der Waals surface area contributed by atoms with Gasteiger partial charge in [0.1, 0.15) is 0 Å². The topological polar surface area (TPSA) is 42.7 Å². The summed E-state index contributed by atoms with van der Waals surface area (Å²) in [5.41, 5.74) is 5.78. The molecule has 0 spiro atoms. The summed E-state index contributed by atoms with van der Waals surface area (Å²) < 4.78 is 1.88. The van der Waals surface area contributed by atoms with Crippen molar-refractivity contribution in [2.24, 2.45) is 7.05 Å². The Morgan fingerprint density at radius 2 is 2.10 bits per heavy atom. The van der Waals surface area contributed by atoms with Crippen molar-refractivity contribution in [1.82, 2.24) is 14.8 Å². The number of aromatic nitrogens is 3. The van der Waals surface area contributed by atoms with E-state index in [9.17, 15) is 0 Å². The quantitative estimate of drug-likeness (QED) is 0.796. The van der Waals surface area contributed by atoms with Crippen LogP contribution in [0.1, 0.15) is 23.7 Å². The molecule has 0 atom stereocenters. The SMILES string of the molecule is CCc1nn(C)cc1CNc1ccnc2c(C)cccc12. The van der Waals surface area contributed by atoms with Gasteiger partial charge in [-0.15, -0.1) is 0 Å². The fourth-order valence-electron chi connectivity index (χ4n) is 2.70. The zero-order chi connectivity index (χ0) is 14.8. The number of nitrogens with zero attached hydrogens (tertiary/aromatic N) is 3. The highest BCUT2D eigenvalue weighted by Crippen LogP contribution is 2.24. The molecule has 3 aromatic rings. The molecule has 21 heavy (non-hydrogen) atoms. The van der Waals surface area contributed by atoms with Crippen LogP contribution in [-0.2, 0) is 20.0 Å². The molecule has 108 valence electrons. The summed E-state index contributed by atoms with van der Waals surface area (Å²) in [7, 11) is 1.97. The lowest BCUT2D eigenvalue weighted by Crippen LogP contribution is -2.02. The second-order valence-electron chi connectivity index (χ2n) is 5.31. The monoisotopic (exact) mass is 280 g/mol. The largest absolute Gasteiger partial charge is 0.380 e. The van der Waals surface area contributed by atoms with Crippen molar-refractivity contribution in [3.63, 3.8) is 0 Å². The number of pyridine rings is 1. The van der Waals surface area contributed by atoms with Gasteiger partial charge in [-0.2, -0.15) is 5.10 Å². The lowest BCUT2D eigenvalue weighted by molar-refractivity contribution is 0.746. The van der Waals surface area contributed by atoms with Crippen LogP contribution in [0, 0.1) is 6.92 Å². The van der Waals surface area contributed by atoms with Crippen LogP contribution in [0.4, 0.5) is 5.69 Å². The van der Waals surface area contributed by atoms with E-state index in [2.05, 4.69) is 53.6 Å². The van der Waals surface area contributed by atoms with Crippen LogP contribution in [0.15, 0.2) is 36.7 Å². The van der Waals surface area contributed by atoms with E-state index in [1.807, 2.05) is 24.0 Å². The first-order valence-corrected chi connectivity index (χ1v) is 7.28. The number of nitrogens with one attached hydrogen (secondary N) is 1. The highest BCUT2D eigenvalue weighted by Gasteiger charge is 2.07. The third kappa shape index (κ3) is 2.61. The standard InChI is InChI=1S/C17H20N4/c1-4-15-13(11-21(3)20-15)10-19-16-8-9-18-17-12(2)6-5-7-14(16)17/h5-9,11H,4,10H2,1-3H3,(H,18,19). The molecule has 0 amide bonds. The average molecular weight is 280 g/mol. The summed E-state index contributed by atoms with van der Waals surface area (Å²) in [6.07, 6.45) is 4.90. The molecule has 0 aliphatic rings. The van der Waals surface area contributed by atoms with Gasteiger partial charge in [-0.1, -0.05) is 25.1 Å². The predicted octanol–water partition coefficient (Wildman–Crippen LogP) is 3.45. The van der Waals surface area contributed by atoms with E-state index in [4.69, 9.17) is 0 Å². The van der Waals surface area contributed by atoms with Crippen molar-refractivity contribution in [2.45, 2.75) is 26.8 Å². The second-order valence-corrected chi connectivity index (χ2v) is 5.31. The third-order valence-corrected chi connectivity index (χ3v) is 3.77. The van der Waals surface area contributed by atoms with Gasteiger partial charge in [0.15, 0.2) is 0 Å². The summed E-state index contributed by atoms with van der Waals surface area (Å²) in [4.78, 5) is 4.48. The Hall–Kier alpha value is -2.36. The molecule has 0 aliphatic carbocycles. The molecular weight excluding hydrogens is 260 g/mol. The van der Waals surface area contributed by atoms with Crippen molar-refractivity contribution >= 4 is 16.6 Å². The van der Waals surface area contributed by atoms with Gasteiger partial charge in [0.25, 0.3) is 0 Å². The molecular formula is C17H20N4. The Bertz CT molecular complexity index is 774. The summed E-state index contributed by atoms with van der Waals surface area (Å²) in [5.74, 6) is 0. The van der Waals surface area contributed by atoms with Gasteiger partial charge >= 0.3 is 0 Å². The summed E-state index contributed by atoms with van der Waals surface area (Å²) >= 11 is 0. The number of hydrogen-bond donors (Lipinski definition) is 1. The number of fused-ring (bicyclic) bond motifs is 1. The van der Waals surface area contributed by atoms with E-state index >= 15 is 0 Å². The van der Waals surface area contributed by atoms with Gasteiger partial charge in [-0.25, -0.2) is 0 Å². The van der Waals surface area contributed by atoms with Crippen LogP contribution < -0.4 is 5.32 Å². The molecule has 1 N–H and O–H groups in total. The normalized spacial score (nSPS) is 11.0. The van der Waals surface area contributed by atoms with Crippen LogP contribution in [0.25, 0.3) is 10.9 Å². The van der Waals surface area contributed by atoms with E-state index in [0.29, 0.717) is 0 Å². The molecule has 0 bridgehead atoms. The molecule has 0 radical (unpaired) electrons. The van der Waals surface area contributed by atoms with E-state index in [1.165, 1.54) is 16.5 Å². The van der Waals surface area contributed by atoms with Crippen LogP contribution in [0.5, 0.6) is 0 Å². The van der Waals surface area contributed by atoms with E-state index < -0.39 is 0 Å². The number of anilines is 1. The Labute approximate surface area is 124 Å². The van der Waals surface area contributed by atoms with E-state index in [0.717, 1.165) is 29.9 Å². The molecule has 1 aromatic carbocycles. The molecule has 4 nitrogen and oxygen atoms in total. The van der Waals surface area contributed by atoms with Crippen molar-refractivity contribution < 1.29 is 0 Å². The molecule has 0 saturated heterocycles. The Morgan fingerprint density at radius 1 is 1.24 bits per heavy atom. The predicted molar refractivity (Wildman–Crippen MR) is 86.4 cm³/mol. The number of benzene rings is 1. The molecule has 4 heteroatoms. The van der Waals surface area contributed by atoms with Crippen molar-refractivity contribution in [3.8, 4) is 0 Å². The summed E-state index contributed by atoms with van der Waals surface area (Å²) in [6.45, 7) is 5.01. The second kappa shape index (κ2) is 5.56. The number of aryl methyl sites for hydroxylation is 3. The number of para-hydroxylation sites is 1. The fraction of sp³-hybridized carbons (Fsp3) is 0.294. The fourth-order valence-corrected chi connectivity index (χ4v) is 2.70. The maximum atomic E-state index is 4.48. The van der Waals surface area contributed by atoms with Crippen LogP contribution >= 0.6 is 0 Å². The number of hydrogen-bond acceptors (Lipinski definition) is 3. The van der Waals surface area contributed by atoms with Gasteiger partial charge in [0.05, 0.1) is 11.2 Å². The lowest BCUT2D eigenvalue weighted by atomic mass is 10.1. The third-order valence-electron chi connectivity index (χ3n) is 3.77. The molecule has 0 fully saturated rings. The Morgan fingerprint density at radius 3 is 2.90 bits per heavy atom. The van der Waals surface area contributed by atoms with Gasteiger partial charge in [-0.05, 0) is 25.0 Å². The molecule has 2 heterocycles. The minimum atomic E-state index is 0.782. The zero-order valence-corrected chi connectivity index (χ0v) is 12.7. The zero-order valence-electron chi connectivity index (χ0n) is 12.7. The van der Waals surface area contributed by atoms with Crippen LogP contribution in [0.3, 0.4) is 0 Å². The highest BCUT2D eigenvalue weighted by molar-refractivity contribution is 5.92. The number of rotatable bonds is 4. The first kappa shape index (κ1) is 13.6. The van der Waals surface area contributed by atoms with Crippen molar-refractivity contribution in [1.29, 1.82) is 0 Å². The molecule has 3 rings (SSSR count). The van der Waals surface area contributed by atoms with Crippen LogP contribution in [-0.4, -0.2) is 14.8 Å². The van der Waals surface area contributed by atoms with Gasteiger partial charge in [-0.3, -0.25) is 9.67 Å².